The van der Waals surface area contributed by atoms with E-state index in [1.165, 1.54) is 5.56 Å². The number of nitrogens with one attached hydrogen (secondary N) is 1. The second-order valence-corrected chi connectivity index (χ2v) is 8.35. The lowest BCUT2D eigenvalue weighted by molar-refractivity contribution is -0.143. The minimum Gasteiger partial charge on any atom is -0.497 e. The van der Waals surface area contributed by atoms with E-state index in [1.54, 1.807) is 14.0 Å². The van der Waals surface area contributed by atoms with Crippen LogP contribution in [0, 0.1) is 0 Å². The van der Waals surface area contributed by atoms with E-state index in [2.05, 4.69) is 16.5 Å². The highest BCUT2D eigenvalue weighted by molar-refractivity contribution is 5.91. The Balaban J connectivity index is 1.33. The highest BCUT2D eigenvalue weighted by atomic mass is 16.5. The fourth-order valence-electron chi connectivity index (χ4n) is 4.27. The van der Waals surface area contributed by atoms with Gasteiger partial charge in [0.2, 0.25) is 5.91 Å². The molecule has 4 rings (SSSR count). The lowest BCUT2D eigenvalue weighted by Crippen LogP contribution is -2.11. The first-order valence-electron chi connectivity index (χ1n) is 11.8. The number of fused-ring (bicyclic) bond motifs is 3. The first kappa shape index (κ1) is 23.5. The maximum absolute atomic E-state index is 12.2. The number of methoxy groups -OCH3 is 1. The van der Waals surface area contributed by atoms with Crippen molar-refractivity contribution in [3.63, 3.8) is 0 Å². The zero-order valence-corrected chi connectivity index (χ0v) is 19.7. The number of esters is 1. The third-order valence-electron chi connectivity index (χ3n) is 6.02. The Kier molecular flexibility index (Phi) is 7.62. The molecule has 34 heavy (non-hydrogen) atoms. The highest BCUT2D eigenvalue weighted by Crippen LogP contribution is 2.39. The Morgan fingerprint density at radius 3 is 2.59 bits per heavy atom. The first-order chi connectivity index (χ1) is 16.6. The van der Waals surface area contributed by atoms with Crippen LogP contribution in [0.15, 0.2) is 47.0 Å². The average Bonchev–Trinajstić information content (AvgIpc) is 3.28. The molecule has 1 aromatic heterocycles. The number of carbonyl (C=O) groups excluding carboxylic acids is 2. The molecule has 178 valence electrons. The number of unbranched alkanes of at least 4 members (excludes halogenated alkanes) is 2. The van der Waals surface area contributed by atoms with Crippen molar-refractivity contribution in [1.82, 2.24) is 5.16 Å². The van der Waals surface area contributed by atoms with Gasteiger partial charge in [0.25, 0.3) is 0 Å². The summed E-state index contributed by atoms with van der Waals surface area (Å²) < 4.78 is 16.0. The monoisotopic (exact) mass is 462 g/mol. The molecule has 0 aliphatic heterocycles. The molecular formula is C27H30N2O5. The van der Waals surface area contributed by atoms with Crippen molar-refractivity contribution in [3.8, 4) is 28.3 Å². The molecule has 1 N–H and O–H groups in total. The molecule has 0 saturated carbocycles. The van der Waals surface area contributed by atoms with Gasteiger partial charge in [-0.3, -0.25) is 9.59 Å². The fraction of sp³-hybridized carbons (Fsp3) is 0.370. The Labute approximate surface area is 199 Å². The molecule has 0 saturated heterocycles. The predicted octanol–water partition coefficient (Wildman–Crippen LogP) is 5.57. The Morgan fingerprint density at radius 2 is 1.82 bits per heavy atom. The number of ether oxygens (including phenoxy) is 2. The van der Waals surface area contributed by atoms with Gasteiger partial charge in [-0.05, 0) is 80.6 Å². The Bertz CT molecular complexity index is 1150. The lowest BCUT2D eigenvalue weighted by Gasteiger charge is -2.16. The second-order valence-electron chi connectivity index (χ2n) is 8.35. The number of rotatable bonds is 10. The first-order valence-corrected chi connectivity index (χ1v) is 11.8. The van der Waals surface area contributed by atoms with Crippen LogP contribution in [0.4, 0.5) is 5.69 Å². The van der Waals surface area contributed by atoms with Gasteiger partial charge in [-0.1, -0.05) is 11.6 Å². The topological polar surface area (TPSA) is 90.7 Å². The normalized spacial score (nSPS) is 11.9. The molecule has 1 aliphatic rings. The molecule has 0 fully saturated rings. The fourth-order valence-corrected chi connectivity index (χ4v) is 4.27. The third kappa shape index (κ3) is 5.47. The zero-order chi connectivity index (χ0) is 23.9. The molecule has 1 aliphatic carbocycles. The van der Waals surface area contributed by atoms with Gasteiger partial charge < -0.3 is 19.3 Å². The van der Waals surface area contributed by atoms with Crippen molar-refractivity contribution in [2.75, 3.05) is 19.0 Å². The summed E-state index contributed by atoms with van der Waals surface area (Å²) in [7, 11) is 1.67. The van der Waals surface area contributed by atoms with E-state index in [9.17, 15) is 9.59 Å². The summed E-state index contributed by atoms with van der Waals surface area (Å²) in [4.78, 5) is 23.6. The number of hydrogen-bond acceptors (Lipinski definition) is 6. The van der Waals surface area contributed by atoms with Crippen LogP contribution in [-0.2, 0) is 27.2 Å². The van der Waals surface area contributed by atoms with Crippen LogP contribution in [0.1, 0.15) is 50.2 Å². The summed E-state index contributed by atoms with van der Waals surface area (Å²) in [6, 6.07) is 13.7. The smallest absolute Gasteiger partial charge is 0.305 e. The second kappa shape index (κ2) is 11.0. The van der Waals surface area contributed by atoms with Gasteiger partial charge in [-0.25, -0.2) is 0 Å². The van der Waals surface area contributed by atoms with Gasteiger partial charge in [0, 0.05) is 35.2 Å². The van der Waals surface area contributed by atoms with Crippen molar-refractivity contribution < 1.29 is 23.6 Å². The maximum Gasteiger partial charge on any atom is 0.305 e. The summed E-state index contributed by atoms with van der Waals surface area (Å²) >= 11 is 0. The van der Waals surface area contributed by atoms with E-state index in [4.69, 9.17) is 14.0 Å². The Morgan fingerprint density at radius 1 is 1.03 bits per heavy atom. The van der Waals surface area contributed by atoms with Gasteiger partial charge in [0.15, 0.2) is 5.76 Å². The van der Waals surface area contributed by atoms with E-state index < -0.39 is 0 Å². The van der Waals surface area contributed by atoms with Gasteiger partial charge in [-0.2, -0.15) is 0 Å². The standard InChI is InChI=1S/C27H30N2O5/c1-3-33-25(31)8-6-4-5-7-24(30)28-20-12-9-18(10-13-20)27-23-15-11-19-17-21(32-2)14-16-22(19)26(23)29-34-27/h9-10,12-14,16-17H,3-8,11,15H2,1-2H3,(H,28,30). The van der Waals surface area contributed by atoms with Crippen molar-refractivity contribution in [1.29, 1.82) is 0 Å². The summed E-state index contributed by atoms with van der Waals surface area (Å²) in [5.74, 6) is 1.41. The molecule has 0 spiro atoms. The maximum atomic E-state index is 12.2. The summed E-state index contributed by atoms with van der Waals surface area (Å²) in [5.41, 5.74) is 5.97. The lowest BCUT2D eigenvalue weighted by atomic mass is 9.88. The molecule has 0 radical (unpaired) electrons. The molecule has 1 heterocycles. The number of carbonyl (C=O) groups is 2. The molecule has 2 aromatic carbocycles. The number of amides is 1. The summed E-state index contributed by atoms with van der Waals surface area (Å²) in [5, 5.41) is 7.29. The number of aromatic nitrogens is 1. The zero-order valence-electron chi connectivity index (χ0n) is 19.7. The SMILES string of the molecule is CCOC(=O)CCCCCC(=O)Nc1ccc(-c2onc3c2CCc2cc(OC)ccc2-3)cc1. The van der Waals surface area contributed by atoms with Gasteiger partial charge in [-0.15, -0.1) is 0 Å². The van der Waals surface area contributed by atoms with Crippen molar-refractivity contribution in [2.45, 2.75) is 51.9 Å². The molecule has 0 bridgehead atoms. The summed E-state index contributed by atoms with van der Waals surface area (Å²) in [6.07, 6.45) is 4.87. The molecule has 7 heteroatoms. The average molecular weight is 463 g/mol. The molecule has 0 unspecified atom stereocenters. The van der Waals surface area contributed by atoms with E-state index in [1.807, 2.05) is 36.4 Å². The number of nitrogens with zero attached hydrogens (tertiary/aromatic N) is 1. The van der Waals surface area contributed by atoms with E-state index in [0.29, 0.717) is 19.4 Å². The van der Waals surface area contributed by atoms with Crippen LogP contribution < -0.4 is 10.1 Å². The van der Waals surface area contributed by atoms with Crippen molar-refractivity contribution in [2.24, 2.45) is 0 Å². The van der Waals surface area contributed by atoms with E-state index in [0.717, 1.165) is 71.7 Å². The number of anilines is 1. The quantitative estimate of drug-likeness (QED) is 0.313. The van der Waals surface area contributed by atoms with Crippen LogP contribution in [-0.4, -0.2) is 30.7 Å². The van der Waals surface area contributed by atoms with E-state index >= 15 is 0 Å². The largest absolute Gasteiger partial charge is 0.497 e. The highest BCUT2D eigenvalue weighted by Gasteiger charge is 2.25. The van der Waals surface area contributed by atoms with Crippen LogP contribution in [0.25, 0.3) is 22.6 Å². The minimum atomic E-state index is -0.176. The van der Waals surface area contributed by atoms with Crippen LogP contribution in [0.3, 0.4) is 0 Å². The molecule has 0 atom stereocenters. The van der Waals surface area contributed by atoms with Crippen LogP contribution in [0.5, 0.6) is 5.75 Å². The minimum absolute atomic E-state index is 0.0343. The van der Waals surface area contributed by atoms with Gasteiger partial charge in [0.05, 0.1) is 13.7 Å². The number of benzene rings is 2. The van der Waals surface area contributed by atoms with Crippen LogP contribution in [0.2, 0.25) is 0 Å². The molecule has 7 nitrogen and oxygen atoms in total. The number of hydrogen-bond donors (Lipinski definition) is 1. The molecule has 3 aromatic rings. The van der Waals surface area contributed by atoms with Crippen molar-refractivity contribution in [3.05, 3.63) is 53.6 Å². The predicted molar refractivity (Wildman–Crippen MR) is 130 cm³/mol. The van der Waals surface area contributed by atoms with Gasteiger partial charge >= 0.3 is 5.97 Å². The number of aryl methyl sites for hydroxylation is 1. The van der Waals surface area contributed by atoms with E-state index in [-0.39, 0.29) is 11.9 Å². The third-order valence-corrected chi connectivity index (χ3v) is 6.02. The van der Waals surface area contributed by atoms with Gasteiger partial charge in [0.1, 0.15) is 11.4 Å². The molecular weight excluding hydrogens is 432 g/mol. The Hall–Kier alpha value is -3.61. The van der Waals surface area contributed by atoms with Crippen molar-refractivity contribution >= 4 is 17.6 Å². The van der Waals surface area contributed by atoms with Crippen LogP contribution >= 0.6 is 0 Å². The molecule has 1 amide bonds. The summed E-state index contributed by atoms with van der Waals surface area (Å²) in [6.45, 7) is 2.20.